The molecule has 0 aromatic carbocycles. The van der Waals surface area contributed by atoms with Gasteiger partial charge < -0.3 is 18.9 Å². The number of thiophene rings is 4. The van der Waals surface area contributed by atoms with Gasteiger partial charge in [-0.15, -0.1) is 45.3 Å². The fourth-order valence-corrected chi connectivity index (χ4v) is 12.5. The van der Waals surface area contributed by atoms with Gasteiger partial charge in [-0.1, -0.05) is 38.3 Å². The van der Waals surface area contributed by atoms with E-state index in [-0.39, 0.29) is 0 Å². The van der Waals surface area contributed by atoms with E-state index in [1.807, 2.05) is 45.3 Å². The summed E-state index contributed by atoms with van der Waals surface area (Å²) in [5, 5.41) is 4.38. The lowest BCUT2D eigenvalue weighted by atomic mass is 9.82. The van der Waals surface area contributed by atoms with Gasteiger partial charge in [0.25, 0.3) is 0 Å². The average molecular weight is 771 g/mol. The number of methoxy groups -OCH3 is 2. The third-order valence-electron chi connectivity index (χ3n) is 10.8. The summed E-state index contributed by atoms with van der Waals surface area (Å²) in [6, 6.07) is 19.4. The van der Waals surface area contributed by atoms with E-state index in [2.05, 4.69) is 76.0 Å². The van der Waals surface area contributed by atoms with E-state index >= 15 is 0 Å². The highest BCUT2D eigenvalue weighted by atomic mass is 32.1. The van der Waals surface area contributed by atoms with Gasteiger partial charge in [-0.2, -0.15) is 0 Å². The normalized spacial score (nSPS) is 22.8. The Labute approximate surface area is 322 Å². The van der Waals surface area contributed by atoms with E-state index in [4.69, 9.17) is 18.9 Å². The first kappa shape index (κ1) is 39.3. The van der Waals surface area contributed by atoms with Crippen molar-refractivity contribution < 1.29 is 18.9 Å². The number of rotatable bonds is 23. The van der Waals surface area contributed by atoms with Crippen molar-refractivity contribution in [1.29, 1.82) is 0 Å². The van der Waals surface area contributed by atoms with Crippen molar-refractivity contribution in [2.45, 2.75) is 64.0 Å². The van der Waals surface area contributed by atoms with Crippen LogP contribution in [0.4, 0.5) is 0 Å². The zero-order valence-electron chi connectivity index (χ0n) is 30.8. The number of nitrogens with zero attached hydrogens (tertiary/aromatic N) is 2. The van der Waals surface area contributed by atoms with Crippen molar-refractivity contribution in [2.24, 2.45) is 17.8 Å². The summed E-state index contributed by atoms with van der Waals surface area (Å²) in [5.74, 6) is 2.12. The predicted octanol–water partition coefficient (Wildman–Crippen LogP) is 10.6. The van der Waals surface area contributed by atoms with Crippen LogP contribution in [0, 0.1) is 17.8 Å². The number of hydrogen-bond acceptors (Lipinski definition) is 10. The smallest absolute Gasteiger partial charge is 0.0700 e. The average Bonchev–Trinajstić information content (AvgIpc) is 3.99. The van der Waals surface area contributed by atoms with Crippen molar-refractivity contribution in [3.63, 3.8) is 0 Å². The van der Waals surface area contributed by atoms with E-state index < -0.39 is 0 Å². The molecule has 6 nitrogen and oxygen atoms in total. The van der Waals surface area contributed by atoms with Crippen LogP contribution in [0.3, 0.4) is 0 Å². The molecule has 10 heteroatoms. The molecule has 0 bridgehead atoms. The van der Waals surface area contributed by atoms with Gasteiger partial charge in [-0.25, -0.2) is 0 Å². The van der Waals surface area contributed by atoms with Gasteiger partial charge in [-0.3, -0.25) is 9.80 Å². The molecule has 51 heavy (non-hydrogen) atoms. The Hall–Kier alpha value is -1.44. The number of ether oxygens (including phenoxy) is 4. The van der Waals surface area contributed by atoms with Crippen LogP contribution in [0.25, 0.3) is 19.5 Å². The summed E-state index contributed by atoms with van der Waals surface area (Å²) in [6.45, 7) is 10.9. The molecule has 0 aliphatic carbocycles. The van der Waals surface area contributed by atoms with Crippen LogP contribution in [0.5, 0.6) is 0 Å². The number of hydrogen-bond donors (Lipinski definition) is 0. The highest BCUT2D eigenvalue weighted by molar-refractivity contribution is 7.21. The fourth-order valence-electron chi connectivity index (χ4n) is 8.42. The van der Waals surface area contributed by atoms with E-state index in [0.29, 0.717) is 50.3 Å². The first-order chi connectivity index (χ1) is 25.2. The molecule has 2 aliphatic rings. The van der Waals surface area contributed by atoms with E-state index in [9.17, 15) is 0 Å². The lowest BCUT2D eigenvalue weighted by Crippen LogP contribution is -2.29. The molecule has 0 spiro atoms. The van der Waals surface area contributed by atoms with E-state index in [1.165, 1.54) is 80.8 Å². The first-order valence-electron chi connectivity index (χ1n) is 19.1. The van der Waals surface area contributed by atoms with Crippen LogP contribution >= 0.6 is 45.3 Å². The summed E-state index contributed by atoms with van der Waals surface area (Å²) >= 11 is 7.71. The molecule has 6 heterocycles. The molecule has 4 aromatic rings. The summed E-state index contributed by atoms with van der Waals surface area (Å²) < 4.78 is 22.4. The van der Waals surface area contributed by atoms with Crippen LogP contribution < -0.4 is 0 Å². The van der Waals surface area contributed by atoms with Crippen molar-refractivity contribution in [3.8, 4) is 19.5 Å². The maximum absolute atomic E-state index is 6.01. The van der Waals surface area contributed by atoms with Gasteiger partial charge in [0.15, 0.2) is 0 Å². The minimum Gasteiger partial charge on any atom is -0.382 e. The molecule has 5 atom stereocenters. The zero-order chi connectivity index (χ0) is 35.3. The van der Waals surface area contributed by atoms with Gasteiger partial charge in [0.05, 0.1) is 39.6 Å². The molecule has 2 aliphatic heterocycles. The van der Waals surface area contributed by atoms with Gasteiger partial charge in [0.1, 0.15) is 0 Å². The Bertz CT molecular complexity index is 1510. The van der Waals surface area contributed by atoms with Crippen LogP contribution in [-0.2, 0) is 18.9 Å². The van der Waals surface area contributed by atoms with Crippen molar-refractivity contribution in [1.82, 2.24) is 9.80 Å². The van der Waals surface area contributed by atoms with Crippen LogP contribution in [0.1, 0.15) is 73.7 Å². The SMILES string of the molecule is CCCC1C(CCCCC2CCN(CCOCCOC)C2c2ccc(-c3cccs3)s2)CN(CCOCCOC)C1c1ccc(-c2cccs2)s1. The molecule has 6 rings (SSSR count). The molecule has 5 unspecified atom stereocenters. The maximum Gasteiger partial charge on any atom is 0.0700 e. The summed E-state index contributed by atoms with van der Waals surface area (Å²) in [4.78, 5) is 14.1. The van der Waals surface area contributed by atoms with Gasteiger partial charge in [-0.05, 0) is 97.1 Å². The summed E-state index contributed by atoms with van der Waals surface area (Å²) in [7, 11) is 3.49. The Balaban J connectivity index is 1.09. The highest BCUT2D eigenvalue weighted by Crippen LogP contribution is 2.49. The fraction of sp³-hybridized carbons (Fsp3) is 0.610. The van der Waals surface area contributed by atoms with E-state index in [1.54, 1.807) is 14.2 Å². The first-order valence-corrected chi connectivity index (χ1v) is 22.5. The Morgan fingerprint density at radius 3 is 1.78 bits per heavy atom. The minimum absolute atomic E-state index is 0.481. The lowest BCUT2D eigenvalue weighted by molar-refractivity contribution is 0.0534. The second-order valence-electron chi connectivity index (χ2n) is 14.0. The second kappa shape index (κ2) is 20.9. The highest BCUT2D eigenvalue weighted by Gasteiger charge is 2.42. The van der Waals surface area contributed by atoms with Crippen LogP contribution in [0.15, 0.2) is 59.3 Å². The minimum atomic E-state index is 0.481. The lowest BCUT2D eigenvalue weighted by Gasteiger charge is -2.28. The predicted molar refractivity (Wildman–Crippen MR) is 218 cm³/mol. The van der Waals surface area contributed by atoms with Gasteiger partial charge in [0.2, 0.25) is 0 Å². The van der Waals surface area contributed by atoms with Gasteiger partial charge >= 0.3 is 0 Å². The summed E-state index contributed by atoms with van der Waals surface area (Å²) in [6.07, 6.45) is 9.06. The molecule has 0 saturated carbocycles. The van der Waals surface area contributed by atoms with E-state index in [0.717, 1.165) is 38.8 Å². The van der Waals surface area contributed by atoms with Crippen molar-refractivity contribution in [2.75, 3.05) is 80.0 Å². The van der Waals surface area contributed by atoms with Crippen molar-refractivity contribution >= 4 is 45.3 Å². The van der Waals surface area contributed by atoms with Crippen molar-refractivity contribution in [3.05, 3.63) is 69.0 Å². The third-order valence-corrected chi connectivity index (χ3v) is 15.2. The van der Waals surface area contributed by atoms with Crippen LogP contribution in [0.2, 0.25) is 0 Å². The van der Waals surface area contributed by atoms with Crippen LogP contribution in [-0.4, -0.2) is 89.8 Å². The molecular weight excluding hydrogens is 713 g/mol. The molecule has 4 aromatic heterocycles. The largest absolute Gasteiger partial charge is 0.382 e. The molecule has 280 valence electrons. The topological polar surface area (TPSA) is 43.4 Å². The molecule has 2 fully saturated rings. The maximum atomic E-state index is 6.01. The monoisotopic (exact) mass is 770 g/mol. The Kier molecular flexibility index (Phi) is 16.1. The Morgan fingerprint density at radius 1 is 0.627 bits per heavy atom. The summed E-state index contributed by atoms with van der Waals surface area (Å²) in [5.41, 5.74) is 0. The standard InChI is InChI=1S/C41H58N2O4S4/c1-4-9-33-32(30-43(21-23-47-27-25-45-3)41(33)39-17-15-37(51-39)35-13-8-29-49-35)11-6-5-10-31-18-19-42(20-22-46-26-24-44-2)40(31)38-16-14-36(50-38)34-12-7-28-48-34/h7-8,12-17,28-29,31-33,40-41H,4-6,9-11,18-27,30H2,1-3H3. The van der Waals surface area contributed by atoms with Gasteiger partial charge in [0, 0.05) is 75.2 Å². The molecule has 2 saturated heterocycles. The zero-order valence-corrected chi connectivity index (χ0v) is 34.1. The number of likely N-dealkylation sites (tertiary alicyclic amines) is 2. The molecule has 0 amide bonds. The second-order valence-corrected chi connectivity index (χ2v) is 18.2. The Morgan fingerprint density at radius 2 is 1.22 bits per heavy atom. The third kappa shape index (κ3) is 10.6. The molecule has 0 radical (unpaired) electrons. The number of unbranched alkanes of at least 4 members (excludes halogenated alkanes) is 1. The quantitative estimate of drug-likeness (QED) is 0.0700. The molecule has 0 N–H and O–H groups in total. The molecular formula is C41H58N2O4S4.